The van der Waals surface area contributed by atoms with Crippen molar-refractivity contribution in [2.75, 3.05) is 20.1 Å². The van der Waals surface area contributed by atoms with Gasteiger partial charge in [0.1, 0.15) is 0 Å². The summed E-state index contributed by atoms with van der Waals surface area (Å²) in [6, 6.07) is 21.3. The molecule has 7 heteroatoms. The molecule has 0 bridgehead atoms. The Hall–Kier alpha value is -3.03. The van der Waals surface area contributed by atoms with Crippen LogP contribution in [0.5, 0.6) is 0 Å². The lowest BCUT2D eigenvalue weighted by molar-refractivity contribution is 0.0752. The van der Waals surface area contributed by atoms with Gasteiger partial charge < -0.3 is 4.90 Å². The van der Waals surface area contributed by atoms with E-state index < -0.39 is 10.0 Å². The van der Waals surface area contributed by atoms with Gasteiger partial charge in [-0.05, 0) is 60.2 Å². The summed E-state index contributed by atoms with van der Waals surface area (Å²) in [5.74, 6) is 0.452. The second kappa shape index (κ2) is 10.1. The first-order chi connectivity index (χ1) is 16.3. The number of aromatic nitrogens is 1. The van der Waals surface area contributed by atoms with Gasteiger partial charge in [-0.15, -0.1) is 0 Å². The molecule has 3 unspecified atom stereocenters. The molecule has 1 aliphatic rings. The summed E-state index contributed by atoms with van der Waals surface area (Å²) in [6.45, 7) is 5.22. The minimum Gasteiger partial charge on any atom is -0.329 e. The monoisotopic (exact) mass is 477 g/mol. The maximum Gasteiger partial charge on any atom is 0.254 e. The van der Waals surface area contributed by atoms with Crippen LogP contribution in [0.15, 0.2) is 83.9 Å². The number of pyridine rings is 1. The molecule has 1 aliphatic heterocycles. The molecule has 0 spiro atoms. The Kier molecular flexibility index (Phi) is 7.14. The number of rotatable bonds is 6. The Balaban J connectivity index is 1.59. The van der Waals surface area contributed by atoms with E-state index in [1.54, 1.807) is 46.7 Å². The third-order valence-corrected chi connectivity index (χ3v) is 8.21. The van der Waals surface area contributed by atoms with Crippen molar-refractivity contribution in [3.8, 4) is 0 Å². The van der Waals surface area contributed by atoms with Crippen LogP contribution in [0.1, 0.15) is 47.9 Å². The lowest BCUT2D eigenvalue weighted by Gasteiger charge is -2.34. The molecule has 1 saturated heterocycles. The molecule has 0 saturated carbocycles. The zero-order chi connectivity index (χ0) is 24.3. The van der Waals surface area contributed by atoms with Gasteiger partial charge in [-0.2, -0.15) is 4.31 Å². The number of amides is 1. The molecule has 6 nitrogen and oxygen atoms in total. The molecule has 0 aliphatic carbocycles. The van der Waals surface area contributed by atoms with Gasteiger partial charge in [-0.3, -0.25) is 9.78 Å². The van der Waals surface area contributed by atoms with Crippen molar-refractivity contribution in [3.05, 3.63) is 95.8 Å². The highest BCUT2D eigenvalue weighted by Gasteiger charge is 2.32. The Bertz CT molecular complexity index is 1170. The van der Waals surface area contributed by atoms with Gasteiger partial charge in [-0.1, -0.05) is 50.2 Å². The van der Waals surface area contributed by atoms with Crippen LogP contribution >= 0.6 is 0 Å². The number of carbonyl (C=O) groups excluding carboxylic acids is 1. The fourth-order valence-corrected chi connectivity index (χ4v) is 6.49. The second-order valence-corrected chi connectivity index (χ2v) is 11.2. The quantitative estimate of drug-likeness (QED) is 0.520. The third kappa shape index (κ3) is 5.05. The predicted octanol–water partition coefficient (Wildman–Crippen LogP) is 4.61. The second-order valence-electron chi connectivity index (χ2n) is 9.28. The fourth-order valence-electron chi connectivity index (χ4n) is 4.81. The lowest BCUT2D eigenvalue weighted by atomic mass is 9.94. The van der Waals surface area contributed by atoms with Crippen molar-refractivity contribution in [2.24, 2.45) is 11.8 Å². The number of benzene rings is 2. The Morgan fingerprint density at radius 1 is 0.941 bits per heavy atom. The molecule has 4 rings (SSSR count). The largest absolute Gasteiger partial charge is 0.329 e. The van der Waals surface area contributed by atoms with Crippen molar-refractivity contribution in [1.82, 2.24) is 14.2 Å². The molecule has 34 heavy (non-hydrogen) atoms. The third-order valence-electron chi connectivity index (χ3n) is 6.37. The van der Waals surface area contributed by atoms with E-state index in [0.29, 0.717) is 30.5 Å². The van der Waals surface area contributed by atoms with Crippen LogP contribution in [0.2, 0.25) is 0 Å². The first kappa shape index (κ1) is 24.1. The zero-order valence-electron chi connectivity index (χ0n) is 19.8. The highest BCUT2D eigenvalue weighted by atomic mass is 32.2. The van der Waals surface area contributed by atoms with Crippen molar-refractivity contribution in [2.45, 2.75) is 31.2 Å². The molecule has 2 aromatic carbocycles. The molecule has 1 aromatic heterocycles. The highest BCUT2D eigenvalue weighted by molar-refractivity contribution is 7.89. The van der Waals surface area contributed by atoms with E-state index in [2.05, 4.69) is 18.8 Å². The van der Waals surface area contributed by atoms with Crippen molar-refractivity contribution >= 4 is 15.9 Å². The number of hydrogen-bond donors (Lipinski definition) is 0. The van der Waals surface area contributed by atoms with Gasteiger partial charge in [-0.25, -0.2) is 8.42 Å². The van der Waals surface area contributed by atoms with Gasteiger partial charge in [0, 0.05) is 31.9 Å². The predicted molar refractivity (Wildman–Crippen MR) is 133 cm³/mol. The first-order valence-electron chi connectivity index (χ1n) is 11.6. The molecule has 1 fully saturated rings. The van der Waals surface area contributed by atoms with E-state index in [1.807, 2.05) is 48.5 Å². The first-order valence-corrected chi connectivity index (χ1v) is 13.0. The van der Waals surface area contributed by atoms with Gasteiger partial charge in [0.25, 0.3) is 5.91 Å². The molecular formula is C27H31N3O3S. The molecule has 0 radical (unpaired) electrons. The topological polar surface area (TPSA) is 70.6 Å². The number of piperidine rings is 1. The summed E-state index contributed by atoms with van der Waals surface area (Å²) in [6.07, 6.45) is 2.75. The van der Waals surface area contributed by atoms with Crippen LogP contribution in [-0.4, -0.2) is 48.7 Å². The highest BCUT2D eigenvalue weighted by Crippen LogP contribution is 2.29. The Morgan fingerprint density at radius 2 is 1.56 bits per heavy atom. The van der Waals surface area contributed by atoms with Crippen molar-refractivity contribution < 1.29 is 13.2 Å². The molecule has 3 aromatic rings. The summed E-state index contributed by atoms with van der Waals surface area (Å²) in [7, 11) is -1.85. The summed E-state index contributed by atoms with van der Waals surface area (Å²) in [5.41, 5.74) is 2.14. The average Bonchev–Trinajstić information content (AvgIpc) is 2.84. The molecule has 1 amide bonds. The summed E-state index contributed by atoms with van der Waals surface area (Å²) >= 11 is 0. The van der Waals surface area contributed by atoms with E-state index in [9.17, 15) is 13.2 Å². The van der Waals surface area contributed by atoms with E-state index in [0.717, 1.165) is 17.7 Å². The van der Waals surface area contributed by atoms with Gasteiger partial charge in [0.05, 0.1) is 16.6 Å². The van der Waals surface area contributed by atoms with Gasteiger partial charge in [0.2, 0.25) is 10.0 Å². The fraction of sp³-hybridized carbons (Fsp3) is 0.333. The zero-order valence-corrected chi connectivity index (χ0v) is 20.7. The molecule has 0 N–H and O–H groups in total. The summed E-state index contributed by atoms with van der Waals surface area (Å²) in [4.78, 5) is 19.8. The van der Waals surface area contributed by atoms with Crippen LogP contribution in [0, 0.1) is 11.8 Å². The SMILES string of the molecule is CC1CC(C)CN(S(=O)(=O)c2ccc(C(=O)N(C)C(c3ccccc3)c3ccccn3)cc2)C1. The minimum absolute atomic E-state index is 0.205. The van der Waals surface area contributed by atoms with Crippen LogP contribution in [0.4, 0.5) is 0 Å². The molecule has 178 valence electrons. The molecule has 2 heterocycles. The number of carbonyl (C=O) groups is 1. The van der Waals surface area contributed by atoms with E-state index in [4.69, 9.17) is 0 Å². The summed E-state index contributed by atoms with van der Waals surface area (Å²) in [5, 5.41) is 0. The van der Waals surface area contributed by atoms with Gasteiger partial charge in [0.15, 0.2) is 0 Å². The van der Waals surface area contributed by atoms with Crippen LogP contribution < -0.4 is 0 Å². The van der Waals surface area contributed by atoms with E-state index in [1.165, 1.54) is 0 Å². The molecular weight excluding hydrogens is 446 g/mol. The Labute approximate surface area is 202 Å². The maximum absolute atomic E-state index is 13.4. The standard InChI is InChI=1S/C27H31N3O3S/c1-20-17-21(2)19-30(18-20)34(32,33)24-14-12-23(13-15-24)27(31)29(3)26(22-9-5-4-6-10-22)25-11-7-8-16-28-25/h4-16,20-21,26H,17-19H2,1-3H3. The normalized spacial score (nSPS) is 20.0. The molecule has 3 atom stereocenters. The minimum atomic E-state index is -3.59. The maximum atomic E-state index is 13.4. The summed E-state index contributed by atoms with van der Waals surface area (Å²) < 4.78 is 28.0. The van der Waals surface area contributed by atoms with Gasteiger partial charge >= 0.3 is 0 Å². The smallest absolute Gasteiger partial charge is 0.254 e. The van der Waals surface area contributed by atoms with Crippen molar-refractivity contribution in [1.29, 1.82) is 0 Å². The van der Waals surface area contributed by atoms with Crippen molar-refractivity contribution in [3.63, 3.8) is 0 Å². The van der Waals surface area contributed by atoms with Crippen LogP contribution in [-0.2, 0) is 10.0 Å². The van der Waals surface area contributed by atoms with E-state index in [-0.39, 0.29) is 16.8 Å². The van der Waals surface area contributed by atoms with Crippen LogP contribution in [0.25, 0.3) is 0 Å². The number of sulfonamides is 1. The van der Waals surface area contributed by atoms with E-state index >= 15 is 0 Å². The average molecular weight is 478 g/mol. The number of hydrogen-bond acceptors (Lipinski definition) is 4. The number of nitrogens with zero attached hydrogens (tertiary/aromatic N) is 3. The van der Waals surface area contributed by atoms with Crippen LogP contribution in [0.3, 0.4) is 0 Å². The lowest BCUT2D eigenvalue weighted by Crippen LogP contribution is -2.42. The Morgan fingerprint density at radius 3 is 2.15 bits per heavy atom.